The van der Waals surface area contributed by atoms with E-state index in [0.29, 0.717) is 99.0 Å². The molecule has 34 nitrogen and oxygen atoms in total. The zero-order valence-electron chi connectivity index (χ0n) is 64.2. The molecule has 610 valence electrons. The number of phenols is 1. The number of aromatic nitrogens is 6. The molecule has 0 spiro atoms. The van der Waals surface area contributed by atoms with Crippen molar-refractivity contribution in [3.05, 3.63) is 133 Å². The van der Waals surface area contributed by atoms with E-state index in [1.54, 1.807) is 48.8 Å². The Morgan fingerprint density at radius 1 is 0.421 bits per heavy atom. The van der Waals surface area contributed by atoms with Crippen molar-refractivity contribution in [2.45, 2.75) is 12.8 Å². The number of carbonyl (C=O) groups is 7. The second-order valence-corrected chi connectivity index (χ2v) is 26.4. The molecule has 0 radical (unpaired) electrons. The number of ether oxygens (including phenoxy) is 10. The van der Waals surface area contributed by atoms with E-state index < -0.39 is 0 Å². The van der Waals surface area contributed by atoms with Gasteiger partial charge in [0.2, 0.25) is 23.6 Å². The van der Waals surface area contributed by atoms with Crippen LogP contribution in [0.5, 0.6) is 17.2 Å². The summed E-state index contributed by atoms with van der Waals surface area (Å²) in [4.78, 5) is 122. The zero-order valence-corrected chi connectivity index (χ0v) is 64.2. The lowest BCUT2D eigenvalue weighted by molar-refractivity contribution is -0.127. The van der Waals surface area contributed by atoms with Crippen molar-refractivity contribution < 1.29 is 86.0 Å². The number of H-pyrrole nitrogens is 2. The number of benzene rings is 5. The second kappa shape index (κ2) is 47.5. The second-order valence-electron chi connectivity index (χ2n) is 26.4. The molecule has 4 aromatic heterocycles. The van der Waals surface area contributed by atoms with Crippen LogP contribution in [0.4, 0.5) is 5.69 Å². The van der Waals surface area contributed by atoms with E-state index in [9.17, 15) is 38.7 Å². The molecule has 5 heterocycles. The molecule has 34 heteroatoms. The highest BCUT2D eigenvalue weighted by Gasteiger charge is 2.23. The summed E-state index contributed by atoms with van der Waals surface area (Å²) in [6.45, 7) is 8.62. The summed E-state index contributed by atoms with van der Waals surface area (Å²) in [6.07, 6.45) is 3.60. The lowest BCUT2D eigenvalue weighted by atomic mass is 10.1. The van der Waals surface area contributed by atoms with Gasteiger partial charge in [-0.15, -0.1) is 0 Å². The van der Waals surface area contributed by atoms with Gasteiger partial charge in [-0.1, -0.05) is 12.1 Å². The number of hydrogen-bond donors (Lipinski definition) is 10. The van der Waals surface area contributed by atoms with Gasteiger partial charge >= 0.3 is 0 Å². The van der Waals surface area contributed by atoms with Crippen LogP contribution in [0.15, 0.2) is 128 Å². The number of aromatic hydroxyl groups is 1. The highest BCUT2D eigenvalue weighted by atomic mass is 16.5. The first-order valence-corrected chi connectivity index (χ1v) is 38.2. The molecule has 0 atom stereocenters. The molecule has 0 bridgehead atoms. The van der Waals surface area contributed by atoms with E-state index in [1.807, 2.05) is 83.8 Å². The van der Waals surface area contributed by atoms with Crippen LogP contribution in [0.1, 0.15) is 23.2 Å². The number of fused-ring (bicyclic) bond motifs is 4. The highest BCUT2D eigenvalue weighted by molar-refractivity contribution is 6.07. The number of rotatable bonds is 53. The predicted octanol–water partition coefficient (Wildman–Crippen LogP) is 3.13. The van der Waals surface area contributed by atoms with Crippen molar-refractivity contribution in [3.63, 3.8) is 0 Å². The maximum Gasteiger partial charge on any atom is 0.258 e. The lowest BCUT2D eigenvalue weighted by Gasteiger charge is -2.34. The number of aromatic amines is 2. The number of pyridine rings is 2. The Hall–Kier alpha value is -11.1. The van der Waals surface area contributed by atoms with E-state index in [0.717, 1.165) is 75.8 Å². The minimum atomic E-state index is -0.343. The Morgan fingerprint density at radius 3 is 1.36 bits per heavy atom. The molecule has 5 aromatic carbocycles. The molecular formula is C80H102N16O18. The third-order valence-corrected chi connectivity index (χ3v) is 17.9. The monoisotopic (exact) mass is 1570 g/mol. The molecular weight excluding hydrogens is 1470 g/mol. The molecule has 1 aliphatic rings. The molecule has 10 rings (SSSR count). The van der Waals surface area contributed by atoms with Gasteiger partial charge in [0.05, 0.1) is 126 Å². The number of piperazine rings is 1. The van der Waals surface area contributed by atoms with Gasteiger partial charge in [-0.2, -0.15) is 0 Å². The largest absolute Gasteiger partial charge is 0.508 e. The van der Waals surface area contributed by atoms with Crippen LogP contribution in [0.2, 0.25) is 0 Å². The highest BCUT2D eigenvalue weighted by Crippen LogP contribution is 2.31. The van der Waals surface area contributed by atoms with Crippen molar-refractivity contribution in [3.8, 4) is 40.0 Å². The third-order valence-electron chi connectivity index (χ3n) is 17.9. The summed E-state index contributed by atoms with van der Waals surface area (Å²) < 4.78 is 55.5. The van der Waals surface area contributed by atoms with Crippen molar-refractivity contribution in [2.75, 3.05) is 222 Å². The smallest absolute Gasteiger partial charge is 0.258 e. The van der Waals surface area contributed by atoms with E-state index in [4.69, 9.17) is 57.3 Å². The average molecular weight is 1580 g/mol. The summed E-state index contributed by atoms with van der Waals surface area (Å²) in [6, 6.07) is 34.9. The van der Waals surface area contributed by atoms with Crippen molar-refractivity contribution in [1.82, 2.24) is 76.9 Å². The molecule has 7 amide bonds. The third kappa shape index (κ3) is 29.8. The Morgan fingerprint density at radius 2 is 0.860 bits per heavy atom. The summed E-state index contributed by atoms with van der Waals surface area (Å²) in [5.74, 6) is 0.499. The van der Waals surface area contributed by atoms with Crippen LogP contribution < -0.4 is 51.6 Å². The van der Waals surface area contributed by atoms with Gasteiger partial charge in [-0.25, -0.2) is 9.97 Å². The molecule has 0 unspecified atom stereocenters. The Labute approximate surface area is 659 Å². The molecule has 114 heavy (non-hydrogen) atoms. The molecule has 1 aliphatic heterocycles. The molecule has 1 saturated heterocycles. The van der Waals surface area contributed by atoms with E-state index >= 15 is 0 Å². The van der Waals surface area contributed by atoms with Crippen LogP contribution >= 0.6 is 0 Å². The van der Waals surface area contributed by atoms with Crippen LogP contribution in [0.3, 0.4) is 0 Å². The number of amides is 7. The molecule has 0 aliphatic carbocycles. The lowest BCUT2D eigenvalue weighted by Crippen LogP contribution is -2.44. The van der Waals surface area contributed by atoms with Crippen LogP contribution in [-0.2, 0) is 66.7 Å². The topological polar surface area (TPSA) is 409 Å². The summed E-state index contributed by atoms with van der Waals surface area (Å²) >= 11 is 0. The van der Waals surface area contributed by atoms with Crippen molar-refractivity contribution >= 4 is 90.9 Å². The first kappa shape index (κ1) is 85.4. The number of imidazole rings is 2. The Balaban J connectivity index is 0.594. The standard InChI is InChI=1S/C80H102N16O18/c1-94-30-32-96(33-31-94)61-51-65(77-70(52-61)92-79(93-77)60-8-13-68-69(50-60)91-78(90-68)57-6-9-62(97)10-7-57)80(104)89-20-29-95(27-16-71(98)83-21-34-109-44-46-111-53-73(100)85-23-36-105-40-42-107-38-25-87-75(102)55-113-63-11-14-66-58(48-63)4-2-18-81-66)28-17-72(99)84-22-35-110-45-47-112-54-74(101)86-24-37-106-41-43-108-39-26-88-76(103)56-114-64-12-15-67-59(49-64)5-3-19-82-67/h2-15,18-19,48-52,97H,16-17,20-47,53-56H2,1H3,(H,83,98)(H,84,99)(H,85,100)(H,86,101)(H,87,102)(H,88,103)(H,89,104)(H,90,91)(H,92,93). The van der Waals surface area contributed by atoms with E-state index in [2.05, 4.69) is 74.0 Å². The van der Waals surface area contributed by atoms with Gasteiger partial charge in [0, 0.05) is 144 Å². The van der Waals surface area contributed by atoms with Crippen LogP contribution in [0, 0.1) is 0 Å². The number of likely N-dealkylation sites (N-methyl/N-ethyl adjacent to an activating group) is 1. The molecule has 0 saturated carbocycles. The molecule has 9 aromatic rings. The predicted molar refractivity (Wildman–Crippen MR) is 425 cm³/mol. The minimum Gasteiger partial charge on any atom is -0.508 e. The average Bonchev–Trinajstić information content (AvgIpc) is 1.62. The van der Waals surface area contributed by atoms with Gasteiger partial charge in [0.25, 0.3) is 17.7 Å². The SMILES string of the molecule is CN1CCN(c2cc(C(=O)NCCN(CCC(=O)NCCOCCOCC(=O)NCCOCCOCCNC(=O)COc3ccc4ncccc4c3)CCC(=O)NCCOCCOCC(=O)NCCOCCOCCNC(=O)COc3ccc4ncccc4c3)c3nc(-c4ccc5nc(-c6ccc(O)cc6)[nH]c5c4)[nH]c3c2)CC1. The minimum absolute atomic E-state index is 0.0858. The number of nitrogens with zero attached hydrogens (tertiary/aromatic N) is 7. The van der Waals surface area contributed by atoms with E-state index in [-0.39, 0.29) is 185 Å². The Kier molecular flexibility index (Phi) is 35.5. The fourth-order valence-corrected chi connectivity index (χ4v) is 11.8. The van der Waals surface area contributed by atoms with Gasteiger partial charge in [0.15, 0.2) is 13.2 Å². The van der Waals surface area contributed by atoms with Gasteiger partial charge in [0.1, 0.15) is 47.6 Å². The number of anilines is 1. The van der Waals surface area contributed by atoms with Gasteiger partial charge in [-0.05, 0) is 110 Å². The summed E-state index contributed by atoms with van der Waals surface area (Å²) in [7, 11) is 2.08. The molecule has 1 fully saturated rings. The zero-order chi connectivity index (χ0) is 79.7. The molecule has 10 N–H and O–H groups in total. The van der Waals surface area contributed by atoms with Crippen LogP contribution in [0.25, 0.3) is 66.6 Å². The quantitative estimate of drug-likeness (QED) is 0.0245. The number of hydrogen-bond acceptors (Lipinski definition) is 25. The van der Waals surface area contributed by atoms with Gasteiger partial charge < -0.3 is 114 Å². The maximum atomic E-state index is 14.5. The number of phenolic OH excluding ortho intramolecular Hbond substituents is 1. The Bertz CT molecular complexity index is 4360. The van der Waals surface area contributed by atoms with Gasteiger partial charge in [-0.3, -0.25) is 43.5 Å². The van der Waals surface area contributed by atoms with E-state index in [1.165, 1.54) is 0 Å². The van der Waals surface area contributed by atoms with Crippen molar-refractivity contribution in [1.29, 1.82) is 0 Å². The number of carbonyl (C=O) groups excluding carboxylic acids is 7. The fourth-order valence-electron chi connectivity index (χ4n) is 11.8. The van der Waals surface area contributed by atoms with Crippen LogP contribution in [-0.4, -0.2) is 304 Å². The first-order valence-electron chi connectivity index (χ1n) is 38.2. The summed E-state index contributed by atoms with van der Waals surface area (Å²) in [5, 5.41) is 31.5. The maximum absolute atomic E-state index is 14.5. The van der Waals surface area contributed by atoms with Crippen molar-refractivity contribution in [2.24, 2.45) is 0 Å². The summed E-state index contributed by atoms with van der Waals surface area (Å²) in [5.41, 5.74) is 7.24. The number of nitrogens with one attached hydrogen (secondary N) is 9. The first-order chi connectivity index (χ1) is 55.7. The normalized spacial score (nSPS) is 12.4. The fraction of sp³-hybridized carbons (Fsp3) is 0.438.